The Balaban J connectivity index is 1.42. The second-order valence-corrected chi connectivity index (χ2v) is 7.60. The van der Waals surface area contributed by atoms with Crippen LogP contribution in [0, 0.1) is 0 Å². The number of ether oxygens (including phenoxy) is 1. The topological polar surface area (TPSA) is 67.3 Å². The van der Waals surface area contributed by atoms with Crippen molar-refractivity contribution in [3.8, 4) is 10.6 Å². The number of nitrogens with one attached hydrogen (secondary N) is 1. The Hall–Kier alpha value is -2.67. The maximum Gasteiger partial charge on any atom is 0.409 e. The number of thiophene rings is 1. The van der Waals surface area contributed by atoms with Crippen molar-refractivity contribution >= 4 is 33.5 Å². The molecule has 0 aliphatic carbocycles. The van der Waals surface area contributed by atoms with Crippen molar-refractivity contribution in [3.05, 3.63) is 42.6 Å². The first-order valence-electron chi connectivity index (χ1n) is 9.23. The third-order valence-corrected chi connectivity index (χ3v) is 5.83. The van der Waals surface area contributed by atoms with Crippen LogP contribution in [-0.4, -0.2) is 46.7 Å². The molecule has 1 N–H and O–H groups in total. The fraction of sp³-hybridized carbons (Fsp3) is 0.350. The van der Waals surface area contributed by atoms with E-state index in [1.54, 1.807) is 22.4 Å². The van der Waals surface area contributed by atoms with Gasteiger partial charge in [0.15, 0.2) is 0 Å². The van der Waals surface area contributed by atoms with Gasteiger partial charge in [-0.3, -0.25) is 0 Å². The summed E-state index contributed by atoms with van der Waals surface area (Å²) in [5.74, 6) is 0.638. The molecule has 1 aliphatic heterocycles. The van der Waals surface area contributed by atoms with Gasteiger partial charge in [-0.2, -0.15) is 0 Å². The van der Waals surface area contributed by atoms with E-state index in [1.165, 1.54) is 10.1 Å². The highest BCUT2D eigenvalue weighted by molar-refractivity contribution is 7.22. The Labute approximate surface area is 162 Å². The van der Waals surface area contributed by atoms with Crippen LogP contribution >= 0.6 is 11.3 Å². The number of carbonyl (C=O) groups excluding carboxylic acids is 1. The molecule has 140 valence electrons. The minimum absolute atomic E-state index is 0.223. The van der Waals surface area contributed by atoms with Crippen LogP contribution in [0.2, 0.25) is 0 Å². The Bertz CT molecular complexity index is 901. The molecule has 3 heterocycles. The predicted molar refractivity (Wildman–Crippen MR) is 108 cm³/mol. The van der Waals surface area contributed by atoms with E-state index in [-0.39, 0.29) is 12.1 Å². The highest BCUT2D eigenvalue weighted by Crippen LogP contribution is 2.32. The van der Waals surface area contributed by atoms with E-state index in [0.717, 1.165) is 23.4 Å². The smallest absolute Gasteiger partial charge is 0.409 e. The van der Waals surface area contributed by atoms with E-state index in [0.29, 0.717) is 25.6 Å². The van der Waals surface area contributed by atoms with Crippen LogP contribution in [0.15, 0.2) is 42.6 Å². The number of aromatic nitrogens is 2. The second-order valence-electron chi connectivity index (χ2n) is 6.52. The van der Waals surface area contributed by atoms with E-state index in [4.69, 9.17) is 9.72 Å². The first-order valence-corrected chi connectivity index (χ1v) is 10.0. The molecule has 1 amide bonds. The number of anilines is 1. The van der Waals surface area contributed by atoms with E-state index in [1.807, 2.05) is 13.0 Å². The van der Waals surface area contributed by atoms with Gasteiger partial charge in [-0.1, -0.05) is 18.2 Å². The third kappa shape index (κ3) is 4.03. The van der Waals surface area contributed by atoms with E-state index in [2.05, 4.69) is 40.6 Å². The number of hydrogen-bond acceptors (Lipinski definition) is 6. The van der Waals surface area contributed by atoms with Crippen molar-refractivity contribution < 1.29 is 9.53 Å². The summed E-state index contributed by atoms with van der Waals surface area (Å²) in [6.07, 6.45) is 3.28. The highest BCUT2D eigenvalue weighted by Gasteiger charge is 2.24. The van der Waals surface area contributed by atoms with Gasteiger partial charge in [0.1, 0.15) is 0 Å². The number of amides is 1. The number of piperidine rings is 1. The van der Waals surface area contributed by atoms with Crippen molar-refractivity contribution in [2.75, 3.05) is 25.0 Å². The van der Waals surface area contributed by atoms with Gasteiger partial charge in [-0.25, -0.2) is 14.8 Å². The molecular weight excluding hydrogens is 360 g/mol. The summed E-state index contributed by atoms with van der Waals surface area (Å²) >= 11 is 1.74. The van der Waals surface area contributed by atoms with Crippen LogP contribution < -0.4 is 5.32 Å². The molecule has 7 heteroatoms. The SMILES string of the molecule is CCOC(=O)N1CCC(Nc2nccc(-c3cc4ccccc4s3)n2)CC1. The Morgan fingerprint density at radius 1 is 1.30 bits per heavy atom. The van der Waals surface area contributed by atoms with Gasteiger partial charge in [0.2, 0.25) is 5.95 Å². The van der Waals surface area contributed by atoms with E-state index >= 15 is 0 Å². The quantitative estimate of drug-likeness (QED) is 0.725. The fourth-order valence-electron chi connectivity index (χ4n) is 3.28. The maximum absolute atomic E-state index is 11.8. The van der Waals surface area contributed by atoms with Gasteiger partial charge in [0, 0.05) is 30.0 Å². The Morgan fingerprint density at radius 2 is 2.11 bits per heavy atom. The average Bonchev–Trinajstić information content (AvgIpc) is 3.13. The summed E-state index contributed by atoms with van der Waals surface area (Å²) < 4.78 is 6.32. The van der Waals surface area contributed by atoms with Crippen LogP contribution in [0.1, 0.15) is 19.8 Å². The molecule has 0 saturated carbocycles. The molecule has 0 atom stereocenters. The van der Waals surface area contributed by atoms with Crippen LogP contribution in [0.4, 0.5) is 10.7 Å². The molecule has 1 saturated heterocycles. The van der Waals surface area contributed by atoms with Crippen molar-refractivity contribution in [2.45, 2.75) is 25.8 Å². The lowest BCUT2D eigenvalue weighted by Crippen LogP contribution is -2.42. The minimum Gasteiger partial charge on any atom is -0.450 e. The van der Waals surface area contributed by atoms with E-state index in [9.17, 15) is 4.79 Å². The van der Waals surface area contributed by atoms with Gasteiger partial charge in [0.25, 0.3) is 0 Å². The van der Waals surface area contributed by atoms with Crippen molar-refractivity contribution in [2.24, 2.45) is 0 Å². The molecule has 1 aromatic carbocycles. The molecule has 1 aliphatic rings. The number of likely N-dealkylation sites (tertiary alicyclic amines) is 1. The first kappa shape index (κ1) is 17.7. The number of benzene rings is 1. The Morgan fingerprint density at radius 3 is 2.89 bits per heavy atom. The lowest BCUT2D eigenvalue weighted by molar-refractivity contribution is 0.0983. The summed E-state index contributed by atoms with van der Waals surface area (Å²) in [5.41, 5.74) is 0.928. The molecule has 3 aromatic rings. The van der Waals surface area contributed by atoms with Gasteiger partial charge < -0.3 is 15.0 Å². The summed E-state index contributed by atoms with van der Waals surface area (Å²) in [6, 6.07) is 12.7. The molecule has 4 rings (SSSR count). The molecular formula is C20H22N4O2S. The summed E-state index contributed by atoms with van der Waals surface area (Å²) in [7, 11) is 0. The summed E-state index contributed by atoms with van der Waals surface area (Å²) in [5, 5.41) is 4.65. The van der Waals surface area contributed by atoms with Crippen molar-refractivity contribution in [1.29, 1.82) is 0 Å². The normalized spacial score (nSPS) is 15.1. The van der Waals surface area contributed by atoms with Gasteiger partial charge >= 0.3 is 6.09 Å². The second kappa shape index (κ2) is 7.92. The molecule has 0 spiro atoms. The van der Waals surface area contributed by atoms with Crippen LogP contribution in [0.3, 0.4) is 0 Å². The average molecular weight is 382 g/mol. The largest absolute Gasteiger partial charge is 0.450 e. The Kier molecular flexibility index (Phi) is 5.20. The number of nitrogens with zero attached hydrogens (tertiary/aromatic N) is 3. The monoisotopic (exact) mass is 382 g/mol. The number of fused-ring (bicyclic) bond motifs is 1. The standard InChI is InChI=1S/C20H22N4O2S/c1-2-26-20(25)24-11-8-15(9-12-24)22-19-21-10-7-16(23-19)18-13-14-5-3-4-6-17(14)27-18/h3-7,10,13,15H,2,8-9,11-12H2,1H3,(H,21,22,23). The van der Waals surface area contributed by atoms with Crippen LogP contribution in [0.25, 0.3) is 20.7 Å². The first-order chi connectivity index (χ1) is 13.2. The number of hydrogen-bond donors (Lipinski definition) is 1. The minimum atomic E-state index is -0.223. The highest BCUT2D eigenvalue weighted by atomic mass is 32.1. The van der Waals surface area contributed by atoms with Crippen LogP contribution in [-0.2, 0) is 4.74 Å². The zero-order valence-corrected chi connectivity index (χ0v) is 16.0. The zero-order valence-electron chi connectivity index (χ0n) is 15.2. The molecule has 0 radical (unpaired) electrons. The van der Waals surface area contributed by atoms with Gasteiger partial charge in [-0.05, 0) is 43.4 Å². The van der Waals surface area contributed by atoms with Crippen molar-refractivity contribution in [1.82, 2.24) is 14.9 Å². The predicted octanol–water partition coefficient (Wildman–Crippen LogP) is 4.39. The molecule has 0 unspecified atom stereocenters. The lowest BCUT2D eigenvalue weighted by atomic mass is 10.1. The van der Waals surface area contributed by atoms with Gasteiger partial charge in [0.05, 0.1) is 17.2 Å². The number of rotatable bonds is 4. The lowest BCUT2D eigenvalue weighted by Gasteiger charge is -2.31. The number of carbonyl (C=O) groups is 1. The van der Waals surface area contributed by atoms with E-state index < -0.39 is 0 Å². The fourth-order valence-corrected chi connectivity index (χ4v) is 4.31. The molecule has 1 fully saturated rings. The van der Waals surface area contributed by atoms with Crippen LogP contribution in [0.5, 0.6) is 0 Å². The maximum atomic E-state index is 11.8. The molecule has 2 aromatic heterocycles. The third-order valence-electron chi connectivity index (χ3n) is 4.69. The molecule has 27 heavy (non-hydrogen) atoms. The molecule has 6 nitrogen and oxygen atoms in total. The summed E-state index contributed by atoms with van der Waals surface area (Å²) in [6.45, 7) is 3.61. The molecule has 0 bridgehead atoms. The van der Waals surface area contributed by atoms with Gasteiger partial charge in [-0.15, -0.1) is 11.3 Å². The summed E-state index contributed by atoms with van der Waals surface area (Å²) in [4.78, 5) is 23.8. The van der Waals surface area contributed by atoms with Crippen molar-refractivity contribution in [3.63, 3.8) is 0 Å². The zero-order chi connectivity index (χ0) is 18.6.